The monoisotopic (exact) mass is 278 g/mol. The molecule has 0 aliphatic carbocycles. The highest BCUT2D eigenvalue weighted by Crippen LogP contribution is 2.40. The fourth-order valence-electron chi connectivity index (χ4n) is 1.29. The van der Waals surface area contributed by atoms with E-state index in [9.17, 15) is 0 Å². The molecule has 0 N–H and O–H groups in total. The summed E-state index contributed by atoms with van der Waals surface area (Å²) < 4.78 is 0. The summed E-state index contributed by atoms with van der Waals surface area (Å²) in [6.07, 6.45) is 0. The Labute approximate surface area is 129 Å². The summed E-state index contributed by atoms with van der Waals surface area (Å²) >= 11 is 0. The quantitative estimate of drug-likeness (QED) is 0.514. The maximum absolute atomic E-state index is 2.31. The van der Waals surface area contributed by atoms with Crippen LogP contribution in [0.5, 0.6) is 0 Å². The molecule has 0 radical (unpaired) electrons. The van der Waals surface area contributed by atoms with Gasteiger partial charge in [0.05, 0.1) is 0 Å². The number of hydrogen-bond acceptors (Lipinski definition) is 0. The summed E-state index contributed by atoms with van der Waals surface area (Å²) in [5.74, 6) is 0. The van der Waals surface area contributed by atoms with Gasteiger partial charge in [-0.15, -0.1) is 0 Å². The molecular formula is C20H38. The lowest BCUT2D eigenvalue weighted by Gasteiger charge is -2.39. The third-order valence-electron chi connectivity index (χ3n) is 3.37. The zero-order valence-corrected chi connectivity index (χ0v) is 15.9. The van der Waals surface area contributed by atoms with E-state index in [-0.39, 0.29) is 5.41 Å². The van der Waals surface area contributed by atoms with Crippen LogP contribution in [0, 0.1) is 10.8 Å². The Balaban J connectivity index is 0. The van der Waals surface area contributed by atoms with Crippen molar-refractivity contribution in [1.29, 1.82) is 0 Å². The van der Waals surface area contributed by atoms with Crippen molar-refractivity contribution in [3.8, 4) is 0 Å². The maximum Gasteiger partial charge on any atom is -0.00551 e. The first-order chi connectivity index (χ1) is 8.86. The Hall–Kier alpha value is -0.780. The molecule has 0 heteroatoms. The number of hydrogen-bond donors (Lipinski definition) is 0. The van der Waals surface area contributed by atoms with Crippen molar-refractivity contribution in [2.24, 2.45) is 10.8 Å². The maximum atomic E-state index is 2.31. The van der Waals surface area contributed by atoms with Gasteiger partial charge in [-0.05, 0) is 21.8 Å². The van der Waals surface area contributed by atoms with Crippen molar-refractivity contribution in [3.05, 3.63) is 35.9 Å². The second-order valence-electron chi connectivity index (χ2n) is 8.24. The molecule has 118 valence electrons. The van der Waals surface area contributed by atoms with Crippen LogP contribution in [0.4, 0.5) is 0 Å². The zero-order chi connectivity index (χ0) is 16.6. The van der Waals surface area contributed by atoms with Gasteiger partial charge in [0.15, 0.2) is 0 Å². The van der Waals surface area contributed by atoms with Gasteiger partial charge >= 0.3 is 0 Å². The van der Waals surface area contributed by atoms with E-state index in [1.165, 1.54) is 5.56 Å². The van der Waals surface area contributed by atoms with Crippen molar-refractivity contribution in [2.45, 2.75) is 81.6 Å². The molecule has 0 bridgehead atoms. The molecule has 1 rings (SSSR count). The third kappa shape index (κ3) is 9.18. The molecule has 0 aliphatic heterocycles. The van der Waals surface area contributed by atoms with Gasteiger partial charge < -0.3 is 0 Å². The summed E-state index contributed by atoms with van der Waals surface area (Å²) in [6.45, 7) is 24.2. The van der Waals surface area contributed by atoms with E-state index in [1.54, 1.807) is 0 Å². The molecular weight excluding hydrogens is 240 g/mol. The van der Waals surface area contributed by atoms with Gasteiger partial charge in [0.25, 0.3) is 0 Å². The van der Waals surface area contributed by atoms with E-state index in [2.05, 4.69) is 92.6 Å². The molecule has 0 nitrogen and oxygen atoms in total. The third-order valence-corrected chi connectivity index (χ3v) is 3.37. The summed E-state index contributed by atoms with van der Waals surface area (Å²) in [4.78, 5) is 0. The number of rotatable bonds is 1. The highest BCUT2D eigenvalue weighted by molar-refractivity contribution is 5.25. The first-order valence-corrected chi connectivity index (χ1v) is 7.91. The van der Waals surface area contributed by atoms with Gasteiger partial charge in [-0.25, -0.2) is 0 Å². The minimum Gasteiger partial charge on any atom is -0.0683 e. The summed E-state index contributed by atoms with van der Waals surface area (Å²) in [5.41, 5.74) is 2.45. The van der Waals surface area contributed by atoms with E-state index in [0.717, 1.165) is 0 Å². The Morgan fingerprint density at radius 1 is 0.600 bits per heavy atom. The molecule has 0 heterocycles. The SMILES string of the molecule is CC.CC(C)(C)C.CC(C)(C)C(C)(C)c1ccccc1. The molecule has 0 fully saturated rings. The molecule has 0 amide bonds. The van der Waals surface area contributed by atoms with E-state index in [4.69, 9.17) is 0 Å². The van der Waals surface area contributed by atoms with Crippen LogP contribution >= 0.6 is 0 Å². The van der Waals surface area contributed by atoms with Crippen molar-refractivity contribution >= 4 is 0 Å². The minimum atomic E-state index is 0.230. The predicted molar refractivity (Wildman–Crippen MR) is 95.4 cm³/mol. The zero-order valence-electron chi connectivity index (χ0n) is 15.9. The van der Waals surface area contributed by atoms with E-state index in [1.807, 2.05) is 13.8 Å². The van der Waals surface area contributed by atoms with Gasteiger partial charge in [0.2, 0.25) is 0 Å². The van der Waals surface area contributed by atoms with Gasteiger partial charge in [0.1, 0.15) is 0 Å². The Kier molecular flexibility index (Phi) is 9.14. The normalized spacial score (nSPS) is 11.8. The summed E-state index contributed by atoms with van der Waals surface area (Å²) in [7, 11) is 0. The highest BCUT2D eigenvalue weighted by Gasteiger charge is 2.33. The second kappa shape index (κ2) is 8.49. The summed E-state index contributed by atoms with van der Waals surface area (Å²) in [6, 6.07) is 10.7. The molecule has 0 spiro atoms. The molecule has 1 aromatic carbocycles. The molecule has 0 aliphatic rings. The van der Waals surface area contributed by atoms with Crippen molar-refractivity contribution < 1.29 is 0 Å². The standard InChI is InChI=1S/C13H20.C5H12.C2H6/c1-12(2,3)13(4,5)11-9-7-6-8-10-11;1-5(2,3)4;1-2/h6-10H,1-5H3;1-4H3;1-2H3. The largest absolute Gasteiger partial charge is 0.0683 e. The first-order valence-electron chi connectivity index (χ1n) is 7.91. The molecule has 1 aromatic rings. The minimum absolute atomic E-state index is 0.230. The van der Waals surface area contributed by atoms with Crippen LogP contribution in [0.15, 0.2) is 30.3 Å². The van der Waals surface area contributed by atoms with Gasteiger partial charge in [-0.3, -0.25) is 0 Å². The lowest BCUT2D eigenvalue weighted by Crippen LogP contribution is -2.33. The van der Waals surface area contributed by atoms with Crippen LogP contribution in [0.1, 0.15) is 81.7 Å². The molecule has 0 atom stereocenters. The fourth-order valence-corrected chi connectivity index (χ4v) is 1.29. The predicted octanol–water partition coefficient (Wildman–Crippen LogP) is 7.09. The van der Waals surface area contributed by atoms with Crippen LogP contribution in [0.2, 0.25) is 0 Å². The number of benzene rings is 1. The highest BCUT2D eigenvalue weighted by atomic mass is 14.4. The Bertz CT molecular complexity index is 325. The topological polar surface area (TPSA) is 0 Å². The van der Waals surface area contributed by atoms with Crippen molar-refractivity contribution in [1.82, 2.24) is 0 Å². The molecule has 0 saturated carbocycles. The average Bonchev–Trinajstić information content (AvgIpc) is 2.29. The molecule has 20 heavy (non-hydrogen) atoms. The van der Waals surface area contributed by atoms with E-state index >= 15 is 0 Å². The lowest BCUT2D eigenvalue weighted by atomic mass is 9.65. The fraction of sp³-hybridized carbons (Fsp3) is 0.700. The van der Waals surface area contributed by atoms with Gasteiger partial charge in [0, 0.05) is 0 Å². The lowest BCUT2D eigenvalue weighted by molar-refractivity contribution is 0.225. The Morgan fingerprint density at radius 2 is 0.900 bits per heavy atom. The van der Waals surface area contributed by atoms with Crippen LogP contribution < -0.4 is 0 Å². The molecule has 0 aromatic heterocycles. The average molecular weight is 279 g/mol. The van der Waals surface area contributed by atoms with Crippen LogP contribution in [-0.2, 0) is 5.41 Å². The van der Waals surface area contributed by atoms with E-state index in [0.29, 0.717) is 10.8 Å². The summed E-state index contributed by atoms with van der Waals surface area (Å²) in [5, 5.41) is 0. The smallest absolute Gasteiger partial charge is 0.00551 e. The van der Waals surface area contributed by atoms with Crippen molar-refractivity contribution in [2.75, 3.05) is 0 Å². The van der Waals surface area contributed by atoms with Gasteiger partial charge in [-0.1, -0.05) is 106 Å². The van der Waals surface area contributed by atoms with Crippen molar-refractivity contribution in [3.63, 3.8) is 0 Å². The first kappa shape index (κ1) is 21.5. The molecule has 0 unspecified atom stereocenters. The van der Waals surface area contributed by atoms with Crippen LogP contribution in [0.3, 0.4) is 0 Å². The van der Waals surface area contributed by atoms with Gasteiger partial charge in [-0.2, -0.15) is 0 Å². The molecule has 0 saturated heterocycles. The van der Waals surface area contributed by atoms with Crippen LogP contribution in [-0.4, -0.2) is 0 Å². The second-order valence-corrected chi connectivity index (χ2v) is 8.24. The Morgan fingerprint density at radius 3 is 1.15 bits per heavy atom. The van der Waals surface area contributed by atoms with Crippen LogP contribution in [0.25, 0.3) is 0 Å². The van der Waals surface area contributed by atoms with E-state index < -0.39 is 0 Å².